The summed E-state index contributed by atoms with van der Waals surface area (Å²) in [4.78, 5) is 11.8. The van der Waals surface area contributed by atoms with E-state index in [1.165, 1.54) is 0 Å². The molecular weight excluding hydrogens is 340 g/mol. The van der Waals surface area contributed by atoms with Crippen molar-refractivity contribution in [1.82, 2.24) is 0 Å². The minimum Gasteiger partial charge on any atom is -0.489 e. The average molecular weight is 366 g/mol. The van der Waals surface area contributed by atoms with E-state index in [1.54, 1.807) is 13.8 Å². The van der Waals surface area contributed by atoms with Gasteiger partial charge in [0.05, 0.1) is 18.9 Å². The van der Waals surface area contributed by atoms with Gasteiger partial charge in [0.2, 0.25) is 0 Å². The van der Waals surface area contributed by atoms with Crippen molar-refractivity contribution in [1.29, 1.82) is 0 Å². The molecule has 1 atom stereocenters. The number of carbonyl (C=O) groups excluding carboxylic acids is 1. The number of rotatable bonds is 9. The van der Waals surface area contributed by atoms with Gasteiger partial charge in [-0.3, -0.25) is 4.79 Å². The largest absolute Gasteiger partial charge is 0.489 e. The Bertz CT molecular complexity index is 767. The van der Waals surface area contributed by atoms with Crippen molar-refractivity contribution in [3.05, 3.63) is 65.2 Å². The van der Waals surface area contributed by atoms with Gasteiger partial charge in [-0.05, 0) is 49.1 Å². The molecular formula is C23H26O4. The number of hydrogen-bond donors (Lipinski definition) is 1. The lowest BCUT2D eigenvalue weighted by molar-refractivity contribution is -0.143. The summed E-state index contributed by atoms with van der Waals surface area (Å²) >= 11 is 0. The van der Waals surface area contributed by atoms with Crippen molar-refractivity contribution in [2.24, 2.45) is 0 Å². The summed E-state index contributed by atoms with van der Waals surface area (Å²) in [7, 11) is 0. The summed E-state index contributed by atoms with van der Waals surface area (Å²) < 4.78 is 10.9. The van der Waals surface area contributed by atoms with Gasteiger partial charge in [-0.15, -0.1) is 5.92 Å². The van der Waals surface area contributed by atoms with Crippen LogP contribution in [0, 0.1) is 11.8 Å². The van der Waals surface area contributed by atoms with Crippen molar-refractivity contribution < 1.29 is 19.4 Å². The van der Waals surface area contributed by atoms with E-state index in [0.29, 0.717) is 19.6 Å². The normalized spacial score (nSPS) is 11.2. The molecule has 0 heterocycles. The van der Waals surface area contributed by atoms with Crippen LogP contribution in [0.4, 0.5) is 0 Å². The highest BCUT2D eigenvalue weighted by molar-refractivity contribution is 5.71. The molecule has 0 aliphatic heterocycles. The Labute approximate surface area is 161 Å². The van der Waals surface area contributed by atoms with E-state index in [2.05, 4.69) is 11.8 Å². The summed E-state index contributed by atoms with van der Waals surface area (Å²) in [6.07, 6.45) is 0.908. The fraction of sp³-hybridized carbons (Fsp3) is 0.348. The first kappa shape index (κ1) is 20.5. The number of ether oxygens (including phenoxy) is 2. The minimum absolute atomic E-state index is 0.155. The lowest BCUT2D eigenvalue weighted by Gasteiger charge is -2.12. The van der Waals surface area contributed by atoms with Crippen LogP contribution in [0.15, 0.2) is 48.5 Å². The molecule has 27 heavy (non-hydrogen) atoms. The van der Waals surface area contributed by atoms with Gasteiger partial charge in [-0.2, -0.15) is 0 Å². The second kappa shape index (κ2) is 11.1. The van der Waals surface area contributed by atoms with Gasteiger partial charge in [0, 0.05) is 6.61 Å². The highest BCUT2D eigenvalue weighted by Gasteiger charge is 2.14. The van der Waals surface area contributed by atoms with Crippen LogP contribution in [0.25, 0.3) is 0 Å². The molecule has 0 fully saturated rings. The maximum Gasteiger partial charge on any atom is 0.307 e. The van der Waals surface area contributed by atoms with Gasteiger partial charge < -0.3 is 14.6 Å². The van der Waals surface area contributed by atoms with Crippen LogP contribution >= 0.6 is 0 Å². The number of hydrogen-bond acceptors (Lipinski definition) is 4. The molecule has 0 spiro atoms. The van der Waals surface area contributed by atoms with E-state index in [0.717, 1.165) is 22.4 Å². The molecule has 0 saturated heterocycles. The van der Waals surface area contributed by atoms with E-state index < -0.39 is 0 Å². The zero-order valence-electron chi connectivity index (χ0n) is 15.9. The van der Waals surface area contributed by atoms with Gasteiger partial charge in [-0.25, -0.2) is 0 Å². The molecule has 4 heteroatoms. The van der Waals surface area contributed by atoms with Gasteiger partial charge in [-0.1, -0.05) is 42.3 Å². The van der Waals surface area contributed by atoms with E-state index in [1.807, 2.05) is 48.5 Å². The Balaban J connectivity index is 1.96. The topological polar surface area (TPSA) is 55.8 Å². The van der Waals surface area contributed by atoms with E-state index in [4.69, 9.17) is 14.6 Å². The Morgan fingerprint density at radius 3 is 2.33 bits per heavy atom. The van der Waals surface area contributed by atoms with Gasteiger partial charge in [0.15, 0.2) is 0 Å². The van der Waals surface area contributed by atoms with Crippen LogP contribution in [-0.2, 0) is 22.6 Å². The highest BCUT2D eigenvalue weighted by atomic mass is 16.5. The molecule has 2 rings (SSSR count). The van der Waals surface area contributed by atoms with Gasteiger partial charge in [0.1, 0.15) is 12.4 Å². The number of esters is 1. The lowest BCUT2D eigenvalue weighted by atomic mass is 9.96. The third-order valence-corrected chi connectivity index (χ3v) is 4.11. The monoisotopic (exact) mass is 366 g/mol. The molecule has 0 radical (unpaired) electrons. The molecule has 0 aliphatic carbocycles. The second-order valence-corrected chi connectivity index (χ2v) is 6.10. The fourth-order valence-electron chi connectivity index (χ4n) is 2.71. The molecule has 4 nitrogen and oxygen atoms in total. The quantitative estimate of drug-likeness (QED) is 0.541. The van der Waals surface area contributed by atoms with Crippen LogP contribution in [-0.4, -0.2) is 24.3 Å². The SMILES string of the molecule is CC#C[C@@H](CC(=O)OCC)c1ccc(OCc2ccc(CCO)cc2)cc1. The van der Waals surface area contributed by atoms with Crippen LogP contribution in [0.2, 0.25) is 0 Å². The van der Waals surface area contributed by atoms with Gasteiger partial charge >= 0.3 is 5.97 Å². The van der Waals surface area contributed by atoms with Crippen molar-refractivity contribution in [2.45, 2.75) is 39.2 Å². The molecule has 2 aromatic carbocycles. The summed E-state index contributed by atoms with van der Waals surface area (Å²) in [6.45, 7) is 4.56. The molecule has 0 aliphatic rings. The Kier molecular flexibility index (Phi) is 8.41. The van der Waals surface area contributed by atoms with Crippen molar-refractivity contribution >= 4 is 5.97 Å². The molecule has 0 saturated carbocycles. The Morgan fingerprint density at radius 1 is 1.07 bits per heavy atom. The highest BCUT2D eigenvalue weighted by Crippen LogP contribution is 2.23. The first-order valence-corrected chi connectivity index (χ1v) is 9.15. The average Bonchev–Trinajstić information content (AvgIpc) is 2.68. The Morgan fingerprint density at radius 2 is 1.74 bits per heavy atom. The number of aliphatic hydroxyl groups excluding tert-OH is 1. The maximum absolute atomic E-state index is 11.8. The smallest absolute Gasteiger partial charge is 0.307 e. The number of aliphatic hydroxyl groups is 1. The van der Waals surface area contributed by atoms with Crippen molar-refractivity contribution in [3.8, 4) is 17.6 Å². The molecule has 2 aromatic rings. The fourth-order valence-corrected chi connectivity index (χ4v) is 2.71. The molecule has 0 aromatic heterocycles. The Hall–Kier alpha value is -2.77. The summed E-state index contributed by atoms with van der Waals surface area (Å²) in [5.74, 6) is 6.30. The van der Waals surface area contributed by atoms with Crippen LogP contribution in [0.5, 0.6) is 5.75 Å². The van der Waals surface area contributed by atoms with Gasteiger partial charge in [0.25, 0.3) is 0 Å². The van der Waals surface area contributed by atoms with Crippen LogP contribution < -0.4 is 4.74 Å². The second-order valence-electron chi connectivity index (χ2n) is 6.10. The van der Waals surface area contributed by atoms with Crippen molar-refractivity contribution in [2.75, 3.05) is 13.2 Å². The van der Waals surface area contributed by atoms with Crippen molar-refractivity contribution in [3.63, 3.8) is 0 Å². The zero-order chi connectivity index (χ0) is 19.5. The summed E-state index contributed by atoms with van der Waals surface area (Å²) in [6, 6.07) is 15.7. The first-order chi connectivity index (χ1) is 13.2. The van der Waals surface area contributed by atoms with Crippen LogP contribution in [0.1, 0.15) is 42.9 Å². The summed E-state index contributed by atoms with van der Waals surface area (Å²) in [5, 5.41) is 8.95. The third kappa shape index (κ3) is 6.80. The molecule has 0 unspecified atom stereocenters. The number of carbonyl (C=O) groups is 1. The zero-order valence-corrected chi connectivity index (χ0v) is 15.9. The minimum atomic E-state index is -0.241. The third-order valence-electron chi connectivity index (χ3n) is 4.11. The van der Waals surface area contributed by atoms with E-state index in [9.17, 15) is 4.79 Å². The predicted octanol–water partition coefficient (Wildman–Crippen LogP) is 3.86. The number of benzene rings is 2. The maximum atomic E-state index is 11.8. The molecule has 0 bridgehead atoms. The molecule has 1 N–H and O–H groups in total. The predicted molar refractivity (Wildman–Crippen MR) is 105 cm³/mol. The van der Waals surface area contributed by atoms with E-state index in [-0.39, 0.29) is 24.9 Å². The molecule has 0 amide bonds. The van der Waals surface area contributed by atoms with Crippen LogP contribution in [0.3, 0.4) is 0 Å². The summed E-state index contributed by atoms with van der Waals surface area (Å²) in [5.41, 5.74) is 3.14. The standard InChI is InChI=1S/C23H26O4/c1-3-5-21(16-23(25)26-4-2)20-10-12-22(13-11-20)27-17-19-8-6-18(7-9-19)14-15-24/h6-13,21,24H,4,14-17H2,1-2H3/t21-/m0/s1. The first-order valence-electron chi connectivity index (χ1n) is 9.15. The van der Waals surface area contributed by atoms with E-state index >= 15 is 0 Å². The molecule has 142 valence electrons. The lowest BCUT2D eigenvalue weighted by Crippen LogP contribution is -2.09.